The van der Waals surface area contributed by atoms with Crippen LogP contribution in [-0.4, -0.2) is 40.3 Å². The molecule has 2 aliphatic rings. The third-order valence-corrected chi connectivity index (χ3v) is 4.58. The van der Waals surface area contributed by atoms with E-state index in [-0.39, 0.29) is 24.4 Å². The van der Waals surface area contributed by atoms with E-state index in [1.165, 1.54) is 0 Å². The molecule has 2 saturated carbocycles. The van der Waals surface area contributed by atoms with Crippen molar-refractivity contribution in [2.24, 2.45) is 0 Å². The molecule has 24 heavy (non-hydrogen) atoms. The number of aryl methyl sites for hydroxylation is 1. The summed E-state index contributed by atoms with van der Waals surface area (Å²) in [7, 11) is 0. The zero-order valence-electron chi connectivity index (χ0n) is 13.8. The Bertz CT molecular complexity index is 809. The minimum Gasteiger partial charge on any atom is -0.352 e. The first kappa shape index (κ1) is 15.1. The van der Waals surface area contributed by atoms with Crippen molar-refractivity contribution in [3.05, 3.63) is 41.6 Å². The molecule has 0 bridgehead atoms. The lowest BCUT2D eigenvalue weighted by Crippen LogP contribution is -2.42. The van der Waals surface area contributed by atoms with Gasteiger partial charge < -0.3 is 10.2 Å². The van der Waals surface area contributed by atoms with Crippen molar-refractivity contribution < 1.29 is 9.59 Å². The van der Waals surface area contributed by atoms with E-state index >= 15 is 0 Å². The van der Waals surface area contributed by atoms with Crippen LogP contribution in [0.25, 0.3) is 10.9 Å². The van der Waals surface area contributed by atoms with Crippen molar-refractivity contribution in [3.63, 3.8) is 0 Å². The van der Waals surface area contributed by atoms with E-state index < -0.39 is 0 Å². The van der Waals surface area contributed by atoms with E-state index in [1.807, 2.05) is 37.3 Å². The van der Waals surface area contributed by atoms with Crippen LogP contribution in [0.1, 0.15) is 41.7 Å². The van der Waals surface area contributed by atoms with Gasteiger partial charge in [-0.05, 0) is 44.7 Å². The lowest BCUT2D eigenvalue weighted by Gasteiger charge is -2.23. The highest BCUT2D eigenvalue weighted by molar-refractivity contribution is 6.07. The summed E-state index contributed by atoms with van der Waals surface area (Å²) in [5.74, 6) is -0.113. The van der Waals surface area contributed by atoms with Gasteiger partial charge in [0.2, 0.25) is 5.91 Å². The van der Waals surface area contributed by atoms with Gasteiger partial charge in [-0.25, -0.2) is 0 Å². The van der Waals surface area contributed by atoms with Crippen LogP contribution in [0.5, 0.6) is 0 Å². The summed E-state index contributed by atoms with van der Waals surface area (Å²) < 4.78 is 0. The third kappa shape index (κ3) is 3.11. The van der Waals surface area contributed by atoms with Crippen molar-refractivity contribution in [1.82, 2.24) is 15.2 Å². The van der Waals surface area contributed by atoms with Crippen LogP contribution in [0, 0.1) is 6.92 Å². The molecule has 5 nitrogen and oxygen atoms in total. The second-order valence-electron chi connectivity index (χ2n) is 6.83. The molecule has 2 fully saturated rings. The van der Waals surface area contributed by atoms with Gasteiger partial charge in [0.05, 0.1) is 11.1 Å². The number of pyridine rings is 1. The van der Waals surface area contributed by atoms with Crippen LogP contribution in [0.3, 0.4) is 0 Å². The Hall–Kier alpha value is -2.43. The number of aromatic nitrogens is 1. The fraction of sp³-hybridized carbons (Fsp3) is 0.421. The van der Waals surface area contributed by atoms with Crippen LogP contribution in [0.4, 0.5) is 0 Å². The number of fused-ring (bicyclic) bond motifs is 1. The Morgan fingerprint density at radius 3 is 2.67 bits per heavy atom. The molecule has 1 heterocycles. The maximum Gasteiger partial charge on any atom is 0.255 e. The van der Waals surface area contributed by atoms with Gasteiger partial charge in [-0.1, -0.05) is 18.2 Å². The van der Waals surface area contributed by atoms with Gasteiger partial charge in [-0.2, -0.15) is 0 Å². The summed E-state index contributed by atoms with van der Waals surface area (Å²) in [5.41, 5.74) is 2.28. The summed E-state index contributed by atoms with van der Waals surface area (Å²) >= 11 is 0. The van der Waals surface area contributed by atoms with Crippen LogP contribution >= 0.6 is 0 Å². The van der Waals surface area contributed by atoms with E-state index in [2.05, 4.69) is 10.3 Å². The smallest absolute Gasteiger partial charge is 0.255 e. The summed E-state index contributed by atoms with van der Waals surface area (Å²) in [5, 5.41) is 3.83. The maximum absolute atomic E-state index is 13.1. The maximum atomic E-state index is 13.1. The van der Waals surface area contributed by atoms with Gasteiger partial charge in [0, 0.05) is 23.2 Å². The highest BCUT2D eigenvalue weighted by Crippen LogP contribution is 2.30. The van der Waals surface area contributed by atoms with Crippen molar-refractivity contribution >= 4 is 22.7 Å². The number of nitrogens with zero attached hydrogens (tertiary/aromatic N) is 2. The molecule has 1 N–H and O–H groups in total. The van der Waals surface area contributed by atoms with Crippen LogP contribution in [0.15, 0.2) is 30.3 Å². The standard InChI is InChI=1S/C19H21N3O2/c1-12-10-16(15-4-2-3-5-17(15)20-12)19(24)22(14-8-9-14)11-18(23)21-13-6-7-13/h2-5,10,13-14H,6-9,11H2,1H3,(H,21,23). The van der Waals surface area contributed by atoms with Gasteiger partial charge in [0.15, 0.2) is 0 Å². The van der Waals surface area contributed by atoms with Crippen LogP contribution < -0.4 is 5.32 Å². The van der Waals surface area contributed by atoms with Crippen molar-refractivity contribution in [2.75, 3.05) is 6.54 Å². The molecule has 1 aromatic carbocycles. The van der Waals surface area contributed by atoms with Gasteiger partial charge in [0.1, 0.15) is 6.54 Å². The molecule has 1 aromatic heterocycles. The number of carbonyl (C=O) groups excluding carboxylic acids is 2. The fourth-order valence-electron chi connectivity index (χ4n) is 3.05. The van der Waals surface area contributed by atoms with Crippen molar-refractivity contribution in [1.29, 1.82) is 0 Å². The SMILES string of the molecule is Cc1cc(C(=O)N(CC(=O)NC2CC2)C2CC2)c2ccccc2n1. The number of carbonyl (C=O) groups is 2. The zero-order valence-corrected chi connectivity index (χ0v) is 13.8. The Morgan fingerprint density at radius 2 is 1.96 bits per heavy atom. The monoisotopic (exact) mass is 323 g/mol. The van der Waals surface area contributed by atoms with Crippen LogP contribution in [-0.2, 0) is 4.79 Å². The molecule has 0 atom stereocenters. The number of benzene rings is 1. The molecule has 2 aromatic rings. The molecule has 5 heteroatoms. The summed E-state index contributed by atoms with van der Waals surface area (Å²) in [6.07, 6.45) is 4.06. The fourth-order valence-corrected chi connectivity index (χ4v) is 3.05. The van der Waals surface area contributed by atoms with Gasteiger partial charge >= 0.3 is 0 Å². The molecule has 0 unspecified atom stereocenters. The van der Waals surface area contributed by atoms with E-state index in [0.717, 1.165) is 42.3 Å². The number of nitrogens with one attached hydrogen (secondary N) is 1. The summed E-state index contributed by atoms with van der Waals surface area (Å²) in [6.45, 7) is 2.04. The molecule has 2 aliphatic carbocycles. The predicted molar refractivity (Wildman–Crippen MR) is 91.7 cm³/mol. The van der Waals surface area contributed by atoms with E-state index in [1.54, 1.807) is 4.90 Å². The summed E-state index contributed by atoms with van der Waals surface area (Å²) in [4.78, 5) is 31.6. The highest BCUT2D eigenvalue weighted by Gasteiger charge is 2.35. The molecule has 0 saturated heterocycles. The molecule has 2 amide bonds. The normalized spacial score (nSPS) is 16.9. The molecular weight excluding hydrogens is 302 g/mol. The van der Waals surface area contributed by atoms with Gasteiger partial charge in [-0.15, -0.1) is 0 Å². The van der Waals surface area contributed by atoms with E-state index in [9.17, 15) is 9.59 Å². The predicted octanol–water partition coefficient (Wildman–Crippen LogP) is 2.43. The van der Waals surface area contributed by atoms with E-state index in [0.29, 0.717) is 11.6 Å². The minimum atomic E-state index is -0.0647. The zero-order chi connectivity index (χ0) is 16.7. The second kappa shape index (κ2) is 5.89. The molecule has 0 radical (unpaired) electrons. The first-order chi connectivity index (χ1) is 11.6. The number of para-hydroxylation sites is 1. The van der Waals surface area contributed by atoms with Gasteiger partial charge in [0.25, 0.3) is 5.91 Å². The molecule has 0 spiro atoms. The summed E-state index contributed by atoms with van der Waals surface area (Å²) in [6, 6.07) is 10.0. The van der Waals surface area contributed by atoms with Crippen LogP contribution in [0.2, 0.25) is 0 Å². The van der Waals surface area contributed by atoms with Crippen molar-refractivity contribution in [2.45, 2.75) is 44.7 Å². The molecule has 0 aliphatic heterocycles. The second-order valence-corrected chi connectivity index (χ2v) is 6.83. The molecule has 124 valence electrons. The lowest BCUT2D eigenvalue weighted by molar-refractivity contribution is -0.122. The largest absolute Gasteiger partial charge is 0.352 e. The number of hydrogen-bond acceptors (Lipinski definition) is 3. The number of hydrogen-bond donors (Lipinski definition) is 1. The lowest BCUT2D eigenvalue weighted by atomic mass is 10.1. The minimum absolute atomic E-state index is 0.0483. The Balaban J connectivity index is 1.63. The van der Waals surface area contributed by atoms with Crippen molar-refractivity contribution in [3.8, 4) is 0 Å². The highest BCUT2D eigenvalue weighted by atomic mass is 16.2. The average Bonchev–Trinajstić information content (AvgIpc) is 3.45. The average molecular weight is 323 g/mol. The van der Waals surface area contributed by atoms with Gasteiger partial charge in [-0.3, -0.25) is 14.6 Å². The number of rotatable bonds is 5. The Kier molecular flexibility index (Phi) is 3.71. The topological polar surface area (TPSA) is 62.3 Å². The first-order valence-corrected chi connectivity index (χ1v) is 8.58. The Morgan fingerprint density at radius 1 is 1.21 bits per heavy atom. The first-order valence-electron chi connectivity index (χ1n) is 8.58. The quantitative estimate of drug-likeness (QED) is 0.919. The molecule has 4 rings (SSSR count). The van der Waals surface area contributed by atoms with E-state index in [4.69, 9.17) is 0 Å². The third-order valence-electron chi connectivity index (χ3n) is 4.58. The Labute approximate surface area is 141 Å². The number of amides is 2. The molecular formula is C19H21N3O2.